The Morgan fingerprint density at radius 1 is 0.976 bits per heavy atom. The quantitative estimate of drug-likeness (QED) is 0.203. The van der Waals surface area contributed by atoms with Crippen molar-refractivity contribution in [1.29, 1.82) is 0 Å². The second kappa shape index (κ2) is 11.4. The van der Waals surface area contributed by atoms with Gasteiger partial charge < -0.3 is 19.3 Å². The highest BCUT2D eigenvalue weighted by atomic mass is 32.1. The topological polar surface area (TPSA) is 72.0 Å². The molecular formula is C34H31N3O4S. The van der Waals surface area contributed by atoms with Crippen molar-refractivity contribution in [3.63, 3.8) is 0 Å². The zero-order chi connectivity index (χ0) is 29.4. The van der Waals surface area contributed by atoms with Crippen LogP contribution < -0.4 is 9.64 Å². The normalized spacial score (nSPS) is 14.3. The Bertz CT molecular complexity index is 1800. The predicted octanol–water partition coefficient (Wildman–Crippen LogP) is 6.78. The average Bonchev–Trinajstić information content (AvgIpc) is 3.56. The first-order valence-corrected chi connectivity index (χ1v) is 14.5. The van der Waals surface area contributed by atoms with Crippen molar-refractivity contribution in [3.05, 3.63) is 124 Å². The molecular weight excluding hydrogens is 546 g/mol. The first-order chi connectivity index (χ1) is 20.4. The molecule has 0 bridgehead atoms. The zero-order valence-corrected chi connectivity index (χ0v) is 24.8. The number of anilines is 1. The van der Waals surface area contributed by atoms with Crippen molar-refractivity contribution in [2.45, 2.75) is 26.1 Å². The third kappa shape index (κ3) is 4.82. The monoisotopic (exact) mass is 577 g/mol. The van der Waals surface area contributed by atoms with Crippen LogP contribution in [0.15, 0.2) is 84.9 Å². The second-order valence-electron chi connectivity index (χ2n) is 10.4. The molecule has 2 amide bonds. The molecule has 212 valence electrons. The van der Waals surface area contributed by atoms with Gasteiger partial charge in [-0.05, 0) is 71.0 Å². The molecule has 0 saturated carbocycles. The third-order valence-corrected chi connectivity index (χ3v) is 8.67. The SMILES string of the molecule is COCc1cc2c(c(N(C)C(=O)c3nsc4ccccc34)c1)C(c1ccccc1C)N(Cc1ccc(OC)cc1)C2=O. The lowest BCUT2D eigenvalue weighted by atomic mass is 9.91. The molecule has 1 unspecified atom stereocenters. The fraction of sp³-hybridized carbons (Fsp3) is 0.206. The molecule has 8 heteroatoms. The van der Waals surface area contributed by atoms with Gasteiger partial charge in [-0.15, -0.1) is 0 Å². The van der Waals surface area contributed by atoms with E-state index >= 15 is 0 Å². The number of amides is 2. The Balaban J connectivity index is 1.51. The second-order valence-corrected chi connectivity index (χ2v) is 11.2. The number of carbonyl (C=O) groups excluding carboxylic acids is 2. The van der Waals surface area contributed by atoms with E-state index in [1.807, 2.05) is 77.7 Å². The van der Waals surface area contributed by atoms with E-state index in [4.69, 9.17) is 9.47 Å². The van der Waals surface area contributed by atoms with E-state index in [9.17, 15) is 9.59 Å². The number of hydrogen-bond donors (Lipinski definition) is 0. The van der Waals surface area contributed by atoms with Crippen molar-refractivity contribution in [2.24, 2.45) is 0 Å². The van der Waals surface area contributed by atoms with Gasteiger partial charge in [0.25, 0.3) is 11.8 Å². The highest BCUT2D eigenvalue weighted by molar-refractivity contribution is 7.13. The van der Waals surface area contributed by atoms with Gasteiger partial charge in [0, 0.05) is 37.2 Å². The highest BCUT2D eigenvalue weighted by Gasteiger charge is 2.42. The number of ether oxygens (including phenoxy) is 2. The molecule has 5 aromatic rings. The fourth-order valence-electron chi connectivity index (χ4n) is 5.73. The van der Waals surface area contributed by atoms with Crippen molar-refractivity contribution >= 4 is 39.1 Å². The lowest BCUT2D eigenvalue weighted by Crippen LogP contribution is -2.30. The summed E-state index contributed by atoms with van der Waals surface area (Å²) < 4.78 is 16.3. The van der Waals surface area contributed by atoms with E-state index in [1.165, 1.54) is 11.5 Å². The van der Waals surface area contributed by atoms with Crippen LogP contribution in [0.3, 0.4) is 0 Å². The minimum Gasteiger partial charge on any atom is -0.497 e. The summed E-state index contributed by atoms with van der Waals surface area (Å²) in [6.07, 6.45) is 0. The lowest BCUT2D eigenvalue weighted by Gasteiger charge is -2.29. The summed E-state index contributed by atoms with van der Waals surface area (Å²) >= 11 is 1.31. The number of hydrogen-bond acceptors (Lipinski definition) is 6. The minimum atomic E-state index is -0.398. The molecule has 0 spiro atoms. The summed E-state index contributed by atoms with van der Waals surface area (Å²) in [5.41, 5.74) is 6.32. The van der Waals surface area contributed by atoms with E-state index in [-0.39, 0.29) is 11.8 Å². The zero-order valence-electron chi connectivity index (χ0n) is 24.0. The predicted molar refractivity (Wildman–Crippen MR) is 165 cm³/mol. The number of methoxy groups -OCH3 is 2. The van der Waals surface area contributed by atoms with Crippen LogP contribution in [0.4, 0.5) is 5.69 Å². The molecule has 0 N–H and O–H groups in total. The maximum Gasteiger partial charge on any atom is 0.278 e. The maximum atomic E-state index is 14.3. The van der Waals surface area contributed by atoms with Gasteiger partial charge in [-0.25, -0.2) is 0 Å². The molecule has 0 radical (unpaired) electrons. The summed E-state index contributed by atoms with van der Waals surface area (Å²) in [5.74, 6) is 0.438. The smallest absolute Gasteiger partial charge is 0.278 e. The van der Waals surface area contributed by atoms with E-state index in [0.717, 1.165) is 43.7 Å². The number of benzene rings is 4. The Morgan fingerprint density at radius 2 is 1.71 bits per heavy atom. The molecule has 4 aromatic carbocycles. The molecule has 2 heterocycles. The molecule has 0 aliphatic carbocycles. The Labute approximate surface area is 249 Å². The van der Waals surface area contributed by atoms with Crippen LogP contribution in [0.5, 0.6) is 5.75 Å². The summed E-state index contributed by atoms with van der Waals surface area (Å²) in [7, 11) is 5.01. The summed E-state index contributed by atoms with van der Waals surface area (Å²) in [4.78, 5) is 31.8. The number of rotatable bonds is 8. The van der Waals surface area contributed by atoms with Gasteiger partial charge in [-0.2, -0.15) is 4.37 Å². The molecule has 1 atom stereocenters. The van der Waals surface area contributed by atoms with Crippen LogP contribution in [-0.2, 0) is 17.9 Å². The van der Waals surface area contributed by atoms with Gasteiger partial charge in [-0.3, -0.25) is 9.59 Å². The average molecular weight is 578 g/mol. The molecule has 1 aromatic heterocycles. The van der Waals surface area contributed by atoms with Crippen LogP contribution in [0, 0.1) is 6.92 Å². The number of aryl methyl sites for hydroxylation is 1. The summed E-state index contributed by atoms with van der Waals surface area (Å²) in [6, 6.07) is 27.1. The van der Waals surface area contributed by atoms with Gasteiger partial charge in [0.2, 0.25) is 0 Å². The van der Waals surface area contributed by atoms with E-state index in [1.54, 1.807) is 26.2 Å². The molecule has 42 heavy (non-hydrogen) atoms. The standard InChI is InChI=1S/C34H31N3O4S/c1-21-9-5-6-10-25(21)32-30-27(33(38)37(32)19-22-13-15-24(41-4)16-14-22)17-23(20-40-3)18-28(30)36(2)34(39)31-26-11-7-8-12-29(26)42-35-31/h5-18,32H,19-20H2,1-4H3. The lowest BCUT2D eigenvalue weighted by molar-refractivity contribution is 0.0735. The Morgan fingerprint density at radius 3 is 2.45 bits per heavy atom. The van der Waals surface area contributed by atoms with Gasteiger partial charge in [0.05, 0.1) is 30.1 Å². The molecule has 0 saturated heterocycles. The first kappa shape index (κ1) is 27.6. The fourth-order valence-corrected chi connectivity index (χ4v) is 6.50. The number of aromatic nitrogens is 1. The van der Waals surface area contributed by atoms with Gasteiger partial charge in [0.1, 0.15) is 11.4 Å². The maximum absolute atomic E-state index is 14.3. The van der Waals surface area contributed by atoms with E-state index < -0.39 is 6.04 Å². The molecule has 6 rings (SSSR count). The number of fused-ring (bicyclic) bond motifs is 2. The van der Waals surface area contributed by atoms with E-state index in [0.29, 0.717) is 30.1 Å². The molecule has 7 nitrogen and oxygen atoms in total. The van der Waals surface area contributed by atoms with Crippen LogP contribution in [-0.4, -0.2) is 42.4 Å². The van der Waals surface area contributed by atoms with Gasteiger partial charge >= 0.3 is 0 Å². The largest absolute Gasteiger partial charge is 0.497 e. The molecule has 1 aliphatic heterocycles. The Hall–Kier alpha value is -4.53. The highest BCUT2D eigenvalue weighted by Crippen LogP contribution is 2.46. The van der Waals surface area contributed by atoms with Crippen molar-refractivity contribution in [3.8, 4) is 5.75 Å². The van der Waals surface area contributed by atoms with Crippen LogP contribution in [0.25, 0.3) is 10.1 Å². The van der Waals surface area contributed by atoms with Crippen LogP contribution in [0.2, 0.25) is 0 Å². The molecule has 1 aliphatic rings. The number of nitrogens with zero attached hydrogens (tertiary/aromatic N) is 3. The van der Waals surface area contributed by atoms with Gasteiger partial charge in [0.15, 0.2) is 0 Å². The van der Waals surface area contributed by atoms with Crippen LogP contribution >= 0.6 is 11.5 Å². The van der Waals surface area contributed by atoms with Crippen LogP contribution in [0.1, 0.15) is 54.7 Å². The van der Waals surface area contributed by atoms with E-state index in [2.05, 4.69) is 23.4 Å². The summed E-state index contributed by atoms with van der Waals surface area (Å²) in [5, 5.41) is 0.816. The first-order valence-electron chi connectivity index (χ1n) is 13.7. The van der Waals surface area contributed by atoms with Crippen molar-refractivity contribution < 1.29 is 19.1 Å². The molecule has 0 fully saturated rings. The number of carbonyl (C=O) groups is 2. The third-order valence-electron chi connectivity index (χ3n) is 7.85. The Kier molecular flexibility index (Phi) is 7.49. The summed E-state index contributed by atoms with van der Waals surface area (Å²) in [6.45, 7) is 2.76. The van der Waals surface area contributed by atoms with Gasteiger partial charge in [-0.1, -0.05) is 54.6 Å². The van der Waals surface area contributed by atoms with Crippen molar-refractivity contribution in [2.75, 3.05) is 26.2 Å². The van der Waals surface area contributed by atoms with Crippen molar-refractivity contribution in [1.82, 2.24) is 9.27 Å². The minimum absolute atomic E-state index is 0.0896.